The second-order valence-corrected chi connectivity index (χ2v) is 4.59. The van der Waals surface area contributed by atoms with Gasteiger partial charge in [-0.3, -0.25) is 4.98 Å². The Bertz CT molecular complexity index is 671. The second kappa shape index (κ2) is 6.21. The summed E-state index contributed by atoms with van der Waals surface area (Å²) in [6, 6.07) is 5.39. The monoisotopic (exact) mass is 286 g/mol. The number of anilines is 3. The van der Waals surface area contributed by atoms with E-state index < -0.39 is 5.97 Å². The van der Waals surface area contributed by atoms with Crippen LogP contribution in [0.1, 0.15) is 28.7 Å². The Labute approximate surface area is 123 Å². The number of carbonyl (C=O) groups is 1. The smallest absolute Gasteiger partial charge is 0.340 e. The van der Waals surface area contributed by atoms with E-state index in [1.165, 1.54) is 6.20 Å². The number of nitrogens with zero attached hydrogens (tertiary/aromatic N) is 2. The van der Waals surface area contributed by atoms with Gasteiger partial charge in [-0.2, -0.15) is 0 Å². The van der Waals surface area contributed by atoms with Gasteiger partial charge in [0.1, 0.15) is 5.82 Å². The number of ether oxygens (including phenoxy) is 1. The second-order valence-electron chi connectivity index (χ2n) is 4.59. The predicted molar refractivity (Wildman–Crippen MR) is 81.6 cm³/mol. The molecule has 2 aromatic rings. The molecule has 0 aliphatic rings. The average molecular weight is 286 g/mol. The number of hydrogen-bond donors (Lipinski definition) is 2. The van der Waals surface area contributed by atoms with Crippen molar-refractivity contribution in [3.05, 3.63) is 41.3 Å². The number of esters is 1. The molecule has 0 atom stereocenters. The Hall–Kier alpha value is -2.63. The molecule has 6 heteroatoms. The van der Waals surface area contributed by atoms with Crippen LogP contribution in [0, 0.1) is 13.8 Å². The molecule has 6 nitrogen and oxygen atoms in total. The minimum absolute atomic E-state index is 0.290. The van der Waals surface area contributed by atoms with E-state index in [4.69, 9.17) is 10.5 Å². The average Bonchev–Trinajstić information content (AvgIpc) is 2.44. The molecule has 0 radical (unpaired) electrons. The first-order valence-electron chi connectivity index (χ1n) is 6.65. The van der Waals surface area contributed by atoms with Crippen LogP contribution in [0.2, 0.25) is 0 Å². The number of pyridine rings is 2. The zero-order valence-electron chi connectivity index (χ0n) is 12.3. The summed E-state index contributed by atoms with van der Waals surface area (Å²) in [6.07, 6.45) is 1.44. The maximum atomic E-state index is 11.8. The van der Waals surface area contributed by atoms with Crippen LogP contribution in [-0.2, 0) is 4.74 Å². The summed E-state index contributed by atoms with van der Waals surface area (Å²) in [6.45, 7) is 5.87. The van der Waals surface area contributed by atoms with Crippen molar-refractivity contribution >= 4 is 23.2 Å². The first kappa shape index (κ1) is 14.8. The topological polar surface area (TPSA) is 90.1 Å². The van der Waals surface area contributed by atoms with Gasteiger partial charge in [0.15, 0.2) is 0 Å². The number of carbonyl (C=O) groups excluding carboxylic acids is 1. The highest BCUT2D eigenvalue weighted by Gasteiger charge is 2.13. The van der Waals surface area contributed by atoms with Crippen molar-refractivity contribution < 1.29 is 9.53 Å². The minimum atomic E-state index is -0.459. The molecule has 0 aromatic carbocycles. The largest absolute Gasteiger partial charge is 0.462 e. The quantitative estimate of drug-likeness (QED) is 0.840. The lowest BCUT2D eigenvalue weighted by Gasteiger charge is -2.11. The summed E-state index contributed by atoms with van der Waals surface area (Å²) in [5.41, 5.74) is 8.97. The minimum Gasteiger partial charge on any atom is -0.462 e. The first-order chi connectivity index (χ1) is 10.0. The summed E-state index contributed by atoms with van der Waals surface area (Å²) in [7, 11) is 0. The summed E-state index contributed by atoms with van der Waals surface area (Å²) in [4.78, 5) is 20.3. The van der Waals surface area contributed by atoms with E-state index in [0.717, 1.165) is 17.1 Å². The van der Waals surface area contributed by atoms with Gasteiger partial charge in [0, 0.05) is 5.69 Å². The lowest BCUT2D eigenvalue weighted by molar-refractivity contribution is 0.0527. The number of rotatable bonds is 4. The van der Waals surface area contributed by atoms with Gasteiger partial charge in [-0.05, 0) is 39.0 Å². The van der Waals surface area contributed by atoms with Gasteiger partial charge >= 0.3 is 5.97 Å². The summed E-state index contributed by atoms with van der Waals surface area (Å²) in [5.74, 6) is 0.0557. The summed E-state index contributed by atoms with van der Waals surface area (Å²) < 4.78 is 4.97. The van der Waals surface area contributed by atoms with E-state index in [2.05, 4.69) is 15.3 Å². The predicted octanol–water partition coefficient (Wildman–Crippen LogP) is 2.60. The van der Waals surface area contributed by atoms with E-state index in [1.807, 2.05) is 26.0 Å². The van der Waals surface area contributed by atoms with E-state index in [0.29, 0.717) is 18.0 Å². The van der Waals surface area contributed by atoms with Gasteiger partial charge in [-0.1, -0.05) is 0 Å². The van der Waals surface area contributed by atoms with Crippen molar-refractivity contribution in [3.63, 3.8) is 0 Å². The number of nitrogen functional groups attached to an aromatic ring is 1. The standard InChI is InChI=1S/C15H18N4O2/c1-4-21-15(20)11-7-14(17-8-12(11)16)19-13-6-5-9(2)18-10(13)3/h5-8H,4,16H2,1-3H3,(H,17,19). The molecule has 2 rings (SSSR count). The molecule has 21 heavy (non-hydrogen) atoms. The molecule has 2 heterocycles. The highest BCUT2D eigenvalue weighted by atomic mass is 16.5. The highest BCUT2D eigenvalue weighted by molar-refractivity contribution is 5.95. The van der Waals surface area contributed by atoms with E-state index in [1.54, 1.807) is 13.0 Å². The Balaban J connectivity index is 2.28. The molecule has 0 aliphatic carbocycles. The van der Waals surface area contributed by atoms with Crippen LogP contribution in [0.5, 0.6) is 0 Å². The number of nitrogens with one attached hydrogen (secondary N) is 1. The van der Waals surface area contributed by atoms with Crippen LogP contribution in [0.25, 0.3) is 0 Å². The van der Waals surface area contributed by atoms with Gasteiger partial charge < -0.3 is 15.8 Å². The number of nitrogens with two attached hydrogens (primary N) is 1. The Morgan fingerprint density at radius 1 is 1.38 bits per heavy atom. The van der Waals surface area contributed by atoms with Crippen LogP contribution in [0.3, 0.4) is 0 Å². The van der Waals surface area contributed by atoms with Crippen molar-refractivity contribution in [2.75, 3.05) is 17.7 Å². The molecule has 0 aliphatic heterocycles. The van der Waals surface area contributed by atoms with Gasteiger partial charge in [-0.25, -0.2) is 9.78 Å². The van der Waals surface area contributed by atoms with E-state index >= 15 is 0 Å². The maximum Gasteiger partial charge on any atom is 0.340 e. The first-order valence-corrected chi connectivity index (χ1v) is 6.65. The normalized spacial score (nSPS) is 10.2. The van der Waals surface area contributed by atoms with Crippen molar-refractivity contribution in [2.24, 2.45) is 0 Å². The molecule has 0 bridgehead atoms. The van der Waals surface area contributed by atoms with E-state index in [9.17, 15) is 4.79 Å². The van der Waals surface area contributed by atoms with Crippen molar-refractivity contribution in [3.8, 4) is 0 Å². The molecular formula is C15H18N4O2. The van der Waals surface area contributed by atoms with Crippen LogP contribution < -0.4 is 11.1 Å². The third-order valence-corrected chi connectivity index (χ3v) is 2.92. The summed E-state index contributed by atoms with van der Waals surface area (Å²) >= 11 is 0. The molecule has 0 saturated carbocycles. The van der Waals surface area contributed by atoms with E-state index in [-0.39, 0.29) is 5.69 Å². The van der Waals surface area contributed by atoms with Gasteiger partial charge in [0.2, 0.25) is 0 Å². The molecule has 110 valence electrons. The molecule has 0 saturated heterocycles. The van der Waals surface area contributed by atoms with Crippen LogP contribution in [-0.4, -0.2) is 22.5 Å². The fourth-order valence-corrected chi connectivity index (χ4v) is 1.88. The Morgan fingerprint density at radius 3 is 2.81 bits per heavy atom. The molecule has 2 aromatic heterocycles. The molecular weight excluding hydrogens is 268 g/mol. The Morgan fingerprint density at radius 2 is 2.14 bits per heavy atom. The fraction of sp³-hybridized carbons (Fsp3) is 0.267. The lowest BCUT2D eigenvalue weighted by atomic mass is 10.2. The fourth-order valence-electron chi connectivity index (χ4n) is 1.88. The van der Waals surface area contributed by atoms with Crippen molar-refractivity contribution in [2.45, 2.75) is 20.8 Å². The molecule has 0 fully saturated rings. The van der Waals surface area contributed by atoms with Crippen molar-refractivity contribution in [1.29, 1.82) is 0 Å². The number of aryl methyl sites for hydroxylation is 2. The third-order valence-electron chi connectivity index (χ3n) is 2.92. The van der Waals surface area contributed by atoms with Gasteiger partial charge in [0.05, 0.1) is 35.4 Å². The molecule has 0 unspecified atom stereocenters. The lowest BCUT2D eigenvalue weighted by Crippen LogP contribution is -2.09. The SMILES string of the molecule is CCOC(=O)c1cc(Nc2ccc(C)nc2C)ncc1N. The van der Waals surface area contributed by atoms with Crippen LogP contribution >= 0.6 is 0 Å². The molecule has 0 spiro atoms. The van der Waals surface area contributed by atoms with Crippen LogP contribution in [0.4, 0.5) is 17.2 Å². The number of hydrogen-bond acceptors (Lipinski definition) is 6. The molecule has 3 N–H and O–H groups in total. The third kappa shape index (κ3) is 3.47. The highest BCUT2D eigenvalue weighted by Crippen LogP contribution is 2.21. The molecule has 0 amide bonds. The van der Waals surface area contributed by atoms with Crippen molar-refractivity contribution in [1.82, 2.24) is 9.97 Å². The van der Waals surface area contributed by atoms with Gasteiger partial charge in [0.25, 0.3) is 0 Å². The zero-order valence-corrected chi connectivity index (χ0v) is 12.3. The van der Waals surface area contributed by atoms with Gasteiger partial charge in [-0.15, -0.1) is 0 Å². The maximum absolute atomic E-state index is 11.8. The number of aromatic nitrogens is 2. The summed E-state index contributed by atoms with van der Waals surface area (Å²) in [5, 5.41) is 3.13. The Kier molecular flexibility index (Phi) is 4.37. The van der Waals surface area contributed by atoms with Crippen LogP contribution in [0.15, 0.2) is 24.4 Å². The zero-order chi connectivity index (χ0) is 15.4.